The Morgan fingerprint density at radius 2 is 1.65 bits per heavy atom. The summed E-state index contributed by atoms with van der Waals surface area (Å²) in [6.45, 7) is 5.62. The zero-order valence-electron chi connectivity index (χ0n) is 11.9. The summed E-state index contributed by atoms with van der Waals surface area (Å²) in [6.07, 6.45) is 10.4. The highest BCUT2D eigenvalue weighted by Gasteiger charge is 2.09. The molecule has 0 saturated heterocycles. The number of unbranched alkanes of at least 4 members (excludes halogenated alkanes) is 6. The molecule has 1 atom stereocenters. The van der Waals surface area contributed by atoms with E-state index in [1.807, 2.05) is 0 Å². The largest absolute Gasteiger partial charge is 0.393 e. The Morgan fingerprint density at radius 1 is 1.12 bits per heavy atom. The summed E-state index contributed by atoms with van der Waals surface area (Å²) in [5.41, 5.74) is 5.56. The first-order chi connectivity index (χ1) is 8.07. The zero-order chi connectivity index (χ0) is 13.1. The maximum atomic E-state index is 5.56. The van der Waals surface area contributed by atoms with Gasteiger partial charge in [0.05, 0.1) is 4.99 Å². The van der Waals surface area contributed by atoms with Gasteiger partial charge in [-0.25, -0.2) is 0 Å². The van der Waals surface area contributed by atoms with Gasteiger partial charge in [-0.3, -0.25) is 0 Å². The third kappa shape index (κ3) is 10.7. The Morgan fingerprint density at radius 3 is 2.18 bits per heavy atom. The van der Waals surface area contributed by atoms with E-state index in [-0.39, 0.29) is 0 Å². The number of hydrogen-bond donors (Lipinski definition) is 1. The smallest absolute Gasteiger partial charge is 0.0742 e. The van der Waals surface area contributed by atoms with Gasteiger partial charge in [-0.1, -0.05) is 57.7 Å². The molecule has 0 aliphatic carbocycles. The van der Waals surface area contributed by atoms with E-state index in [2.05, 4.69) is 25.8 Å². The molecule has 0 aliphatic rings. The third-order valence-electron chi connectivity index (χ3n) is 3.36. The lowest BCUT2D eigenvalue weighted by atomic mass is 10.1. The lowest BCUT2D eigenvalue weighted by Gasteiger charge is -2.24. The summed E-state index contributed by atoms with van der Waals surface area (Å²) < 4.78 is 0. The van der Waals surface area contributed by atoms with E-state index in [1.165, 1.54) is 44.9 Å². The molecule has 0 radical (unpaired) electrons. The molecule has 0 bridgehead atoms. The number of nitrogens with two attached hydrogens (primary N) is 1. The summed E-state index contributed by atoms with van der Waals surface area (Å²) in [7, 11) is 2.17. The third-order valence-corrected chi connectivity index (χ3v) is 3.53. The van der Waals surface area contributed by atoms with Gasteiger partial charge in [0.1, 0.15) is 0 Å². The average Bonchev–Trinajstić information content (AvgIpc) is 2.26. The molecule has 0 saturated carbocycles. The van der Waals surface area contributed by atoms with E-state index in [1.54, 1.807) is 0 Å². The lowest BCUT2D eigenvalue weighted by molar-refractivity contribution is 0.257. The Labute approximate surface area is 113 Å². The molecule has 17 heavy (non-hydrogen) atoms. The van der Waals surface area contributed by atoms with Crippen molar-refractivity contribution in [3.8, 4) is 0 Å². The van der Waals surface area contributed by atoms with Crippen molar-refractivity contribution in [1.29, 1.82) is 0 Å². The minimum Gasteiger partial charge on any atom is -0.393 e. The number of hydrogen-bond acceptors (Lipinski definition) is 2. The molecule has 2 N–H and O–H groups in total. The van der Waals surface area contributed by atoms with Crippen LogP contribution >= 0.6 is 12.2 Å². The number of rotatable bonds is 11. The Balaban J connectivity index is 3.38. The molecule has 3 heteroatoms. The Bertz CT molecular complexity index is 195. The molecule has 102 valence electrons. The second-order valence-electron chi connectivity index (χ2n) is 5.12. The predicted molar refractivity (Wildman–Crippen MR) is 81.5 cm³/mol. The van der Waals surface area contributed by atoms with E-state index in [4.69, 9.17) is 18.0 Å². The molecule has 1 unspecified atom stereocenters. The monoisotopic (exact) mass is 258 g/mol. The van der Waals surface area contributed by atoms with Gasteiger partial charge >= 0.3 is 0 Å². The maximum Gasteiger partial charge on any atom is 0.0742 e. The van der Waals surface area contributed by atoms with Crippen LogP contribution in [0.25, 0.3) is 0 Å². The van der Waals surface area contributed by atoms with Crippen LogP contribution in [0.1, 0.15) is 65.2 Å². The second-order valence-corrected chi connectivity index (χ2v) is 5.65. The normalized spacial score (nSPS) is 12.9. The lowest BCUT2D eigenvalue weighted by Crippen LogP contribution is -2.33. The first-order valence-corrected chi connectivity index (χ1v) is 7.47. The quantitative estimate of drug-likeness (QED) is 0.452. The zero-order valence-corrected chi connectivity index (χ0v) is 12.7. The molecule has 0 fully saturated rings. The van der Waals surface area contributed by atoms with Crippen molar-refractivity contribution in [1.82, 2.24) is 4.90 Å². The fourth-order valence-corrected chi connectivity index (χ4v) is 2.23. The van der Waals surface area contributed by atoms with E-state index in [0.717, 1.165) is 13.0 Å². The molecule has 0 heterocycles. The molecule has 2 nitrogen and oxygen atoms in total. The standard InChI is InChI=1S/C14H30N2S/c1-4-5-6-7-8-9-10-11-16(3)13(2)12-14(15)17/h13H,4-12H2,1-3H3,(H2,15,17). The van der Waals surface area contributed by atoms with Gasteiger partial charge in [0, 0.05) is 12.5 Å². The second kappa shape index (κ2) is 11.0. The summed E-state index contributed by atoms with van der Waals surface area (Å²) >= 11 is 4.94. The van der Waals surface area contributed by atoms with Crippen LogP contribution in [-0.4, -0.2) is 29.5 Å². The fourth-order valence-electron chi connectivity index (χ4n) is 1.99. The van der Waals surface area contributed by atoms with E-state index in [9.17, 15) is 0 Å². The van der Waals surface area contributed by atoms with Crippen molar-refractivity contribution in [2.24, 2.45) is 5.73 Å². The van der Waals surface area contributed by atoms with Crippen LogP contribution < -0.4 is 5.73 Å². The van der Waals surface area contributed by atoms with Crippen molar-refractivity contribution in [3.05, 3.63) is 0 Å². The van der Waals surface area contributed by atoms with Crippen LogP contribution in [0.15, 0.2) is 0 Å². The molecule has 0 amide bonds. The summed E-state index contributed by atoms with van der Waals surface area (Å²) in [4.78, 5) is 2.99. The minimum absolute atomic E-state index is 0.479. The highest BCUT2D eigenvalue weighted by Crippen LogP contribution is 2.09. The van der Waals surface area contributed by atoms with Crippen LogP contribution in [0.5, 0.6) is 0 Å². The molecular formula is C14H30N2S. The molecule has 0 aromatic rings. The number of thiocarbonyl (C=S) groups is 1. The molecule has 0 aliphatic heterocycles. The van der Waals surface area contributed by atoms with Crippen LogP contribution in [0.4, 0.5) is 0 Å². The Hall–Kier alpha value is -0.150. The molecular weight excluding hydrogens is 228 g/mol. The predicted octanol–water partition coefficient (Wildman–Crippen LogP) is 3.73. The summed E-state index contributed by atoms with van der Waals surface area (Å²) in [5.74, 6) is 0. The first kappa shape index (κ1) is 16.9. The van der Waals surface area contributed by atoms with Crippen LogP contribution in [0.3, 0.4) is 0 Å². The SMILES string of the molecule is CCCCCCCCCN(C)C(C)CC(N)=S. The number of nitrogens with zero attached hydrogens (tertiary/aromatic N) is 1. The Kier molecular flexibility index (Phi) is 10.9. The molecule has 0 rings (SSSR count). The first-order valence-electron chi connectivity index (χ1n) is 7.06. The molecule has 0 spiro atoms. The van der Waals surface area contributed by atoms with Crippen molar-refractivity contribution in [3.63, 3.8) is 0 Å². The average molecular weight is 258 g/mol. The van der Waals surface area contributed by atoms with Crippen molar-refractivity contribution < 1.29 is 0 Å². The van der Waals surface area contributed by atoms with Crippen molar-refractivity contribution >= 4 is 17.2 Å². The highest BCUT2D eigenvalue weighted by atomic mass is 32.1. The fraction of sp³-hybridized carbons (Fsp3) is 0.929. The topological polar surface area (TPSA) is 29.3 Å². The molecule has 0 aromatic carbocycles. The van der Waals surface area contributed by atoms with Gasteiger partial charge in [0.15, 0.2) is 0 Å². The molecule has 0 aromatic heterocycles. The summed E-state index contributed by atoms with van der Waals surface area (Å²) in [6, 6.07) is 0.479. The van der Waals surface area contributed by atoms with Gasteiger partial charge in [0.25, 0.3) is 0 Å². The van der Waals surface area contributed by atoms with Gasteiger partial charge in [-0.2, -0.15) is 0 Å². The van der Waals surface area contributed by atoms with Crippen LogP contribution in [0.2, 0.25) is 0 Å². The van der Waals surface area contributed by atoms with Gasteiger partial charge < -0.3 is 10.6 Å². The van der Waals surface area contributed by atoms with Crippen LogP contribution in [0, 0.1) is 0 Å². The van der Waals surface area contributed by atoms with Crippen molar-refractivity contribution in [2.75, 3.05) is 13.6 Å². The maximum absolute atomic E-state index is 5.56. The minimum atomic E-state index is 0.479. The van der Waals surface area contributed by atoms with Crippen LogP contribution in [-0.2, 0) is 0 Å². The van der Waals surface area contributed by atoms with Gasteiger partial charge in [-0.05, 0) is 26.9 Å². The highest BCUT2D eigenvalue weighted by molar-refractivity contribution is 7.80. The van der Waals surface area contributed by atoms with Crippen molar-refractivity contribution in [2.45, 2.75) is 71.3 Å². The van der Waals surface area contributed by atoms with E-state index >= 15 is 0 Å². The van der Waals surface area contributed by atoms with Gasteiger partial charge in [-0.15, -0.1) is 0 Å². The van der Waals surface area contributed by atoms with E-state index in [0.29, 0.717) is 11.0 Å². The van der Waals surface area contributed by atoms with E-state index < -0.39 is 0 Å². The summed E-state index contributed by atoms with van der Waals surface area (Å²) in [5, 5.41) is 0. The van der Waals surface area contributed by atoms with Gasteiger partial charge in [0.2, 0.25) is 0 Å².